The molecular weight excluding hydrogens is 144 g/mol. The summed E-state index contributed by atoms with van der Waals surface area (Å²) in [5.41, 5.74) is 0. The fourth-order valence-electron chi connectivity index (χ4n) is 1.00. The molecule has 0 saturated heterocycles. The quantitative estimate of drug-likeness (QED) is 0.614. The minimum absolute atomic E-state index is 0.312. The Morgan fingerprint density at radius 3 is 2.20 bits per heavy atom. The van der Waals surface area contributed by atoms with Crippen LogP contribution in [0.25, 0.3) is 0 Å². The Bertz CT molecular complexity index is 97.4. The lowest BCUT2D eigenvalue weighted by molar-refractivity contribution is -0.120. The van der Waals surface area contributed by atoms with Gasteiger partial charge in [0.25, 0.3) is 0 Å². The van der Waals surface area contributed by atoms with Gasteiger partial charge in [-0.25, -0.2) is 0 Å². The third-order valence-electron chi connectivity index (χ3n) is 1.73. The van der Waals surface area contributed by atoms with Crippen LogP contribution in [0.15, 0.2) is 0 Å². The molecule has 0 aromatic rings. The summed E-state index contributed by atoms with van der Waals surface area (Å²) in [6.45, 7) is 4.15. The Morgan fingerprint density at radius 2 is 1.90 bits per heavy atom. The van der Waals surface area contributed by atoms with E-state index in [1.165, 1.54) is 0 Å². The van der Waals surface area contributed by atoms with Crippen LogP contribution in [0.3, 0.4) is 0 Å². The largest absolute Gasteiger partial charge is 0.298 e. The Labute approximate surface area is 67.6 Å². The molecule has 1 nitrogen and oxygen atoms in total. The molecule has 0 N–H and O–H groups in total. The van der Waals surface area contributed by atoms with E-state index in [4.69, 9.17) is 0 Å². The molecule has 0 saturated carbocycles. The van der Waals surface area contributed by atoms with Crippen molar-refractivity contribution in [1.29, 1.82) is 0 Å². The molecule has 2 heteroatoms. The topological polar surface area (TPSA) is 17.1 Å². The van der Waals surface area contributed by atoms with Crippen LogP contribution in [0.2, 0.25) is 0 Å². The molecule has 0 atom stereocenters. The molecule has 0 aliphatic heterocycles. The van der Waals surface area contributed by atoms with Gasteiger partial charge in [0.2, 0.25) is 0 Å². The monoisotopic (exact) mass is 160 g/mol. The van der Waals surface area contributed by atoms with Crippen LogP contribution in [-0.4, -0.2) is 17.8 Å². The molecule has 0 aliphatic rings. The molecule has 0 unspecified atom stereocenters. The standard InChI is InChI=1S/C8H16OS/c1-4-7(5-2)8(9)6-10-3/h7H,4-6H2,1-3H3. The van der Waals surface area contributed by atoms with Gasteiger partial charge < -0.3 is 0 Å². The van der Waals surface area contributed by atoms with Crippen molar-refractivity contribution in [2.24, 2.45) is 5.92 Å². The van der Waals surface area contributed by atoms with Gasteiger partial charge in [0.1, 0.15) is 5.78 Å². The zero-order valence-electron chi connectivity index (χ0n) is 7.02. The highest BCUT2D eigenvalue weighted by molar-refractivity contribution is 7.99. The first kappa shape index (κ1) is 10.0. The first-order chi connectivity index (χ1) is 4.76. The fraction of sp³-hybridized carbons (Fsp3) is 0.875. The highest BCUT2D eigenvalue weighted by Gasteiger charge is 2.12. The van der Waals surface area contributed by atoms with E-state index in [9.17, 15) is 4.79 Å². The maximum atomic E-state index is 11.2. The number of thioether (sulfide) groups is 1. The average molecular weight is 160 g/mol. The van der Waals surface area contributed by atoms with Gasteiger partial charge in [0, 0.05) is 5.92 Å². The number of rotatable bonds is 5. The molecule has 0 spiro atoms. The minimum Gasteiger partial charge on any atom is -0.298 e. The van der Waals surface area contributed by atoms with Crippen LogP contribution in [0.1, 0.15) is 26.7 Å². The molecule has 60 valence electrons. The van der Waals surface area contributed by atoms with E-state index in [1.54, 1.807) is 11.8 Å². The van der Waals surface area contributed by atoms with Gasteiger partial charge in [0.15, 0.2) is 0 Å². The molecule has 0 rings (SSSR count). The second-order valence-corrected chi connectivity index (χ2v) is 3.28. The van der Waals surface area contributed by atoms with E-state index in [2.05, 4.69) is 13.8 Å². The van der Waals surface area contributed by atoms with Crippen molar-refractivity contribution < 1.29 is 4.79 Å². The minimum atomic E-state index is 0.312. The molecule has 0 fully saturated rings. The summed E-state index contributed by atoms with van der Waals surface area (Å²) in [6.07, 6.45) is 3.96. The molecule has 0 aliphatic carbocycles. The van der Waals surface area contributed by atoms with Crippen LogP contribution in [0.4, 0.5) is 0 Å². The molecule has 0 aromatic heterocycles. The second kappa shape index (κ2) is 5.78. The van der Waals surface area contributed by atoms with Gasteiger partial charge in [0.05, 0.1) is 5.75 Å². The normalized spacial score (nSPS) is 10.4. The molecule has 0 heterocycles. The lowest BCUT2D eigenvalue weighted by Gasteiger charge is -2.08. The van der Waals surface area contributed by atoms with Gasteiger partial charge in [-0.15, -0.1) is 0 Å². The second-order valence-electron chi connectivity index (χ2n) is 2.41. The summed E-state index contributed by atoms with van der Waals surface area (Å²) in [5, 5.41) is 0. The fourth-order valence-corrected chi connectivity index (χ4v) is 1.52. The summed E-state index contributed by atoms with van der Waals surface area (Å²) >= 11 is 1.62. The van der Waals surface area contributed by atoms with Crippen molar-refractivity contribution in [3.63, 3.8) is 0 Å². The summed E-state index contributed by atoms with van der Waals surface area (Å²) in [4.78, 5) is 11.2. The maximum absolute atomic E-state index is 11.2. The van der Waals surface area contributed by atoms with E-state index in [1.807, 2.05) is 6.26 Å². The van der Waals surface area contributed by atoms with Gasteiger partial charge in [-0.05, 0) is 19.1 Å². The third kappa shape index (κ3) is 3.25. The average Bonchev–Trinajstić information content (AvgIpc) is 1.91. The highest BCUT2D eigenvalue weighted by Crippen LogP contribution is 2.11. The number of carbonyl (C=O) groups is 1. The van der Waals surface area contributed by atoms with Crippen LogP contribution in [-0.2, 0) is 4.79 Å². The molecule has 10 heavy (non-hydrogen) atoms. The van der Waals surface area contributed by atoms with E-state index < -0.39 is 0 Å². The Balaban J connectivity index is 3.65. The summed E-state index contributed by atoms with van der Waals surface area (Å²) in [5.74, 6) is 1.41. The predicted molar refractivity (Wildman–Crippen MR) is 47.5 cm³/mol. The molecule has 0 amide bonds. The zero-order valence-corrected chi connectivity index (χ0v) is 7.83. The SMILES string of the molecule is CCC(CC)C(=O)CSC. The van der Waals surface area contributed by atoms with Crippen LogP contribution < -0.4 is 0 Å². The molecule has 0 radical (unpaired) electrons. The van der Waals surface area contributed by atoms with Crippen LogP contribution >= 0.6 is 11.8 Å². The van der Waals surface area contributed by atoms with Crippen LogP contribution in [0, 0.1) is 5.92 Å². The van der Waals surface area contributed by atoms with Crippen molar-refractivity contribution in [3.05, 3.63) is 0 Å². The Morgan fingerprint density at radius 1 is 1.40 bits per heavy atom. The lowest BCUT2D eigenvalue weighted by Crippen LogP contribution is -2.14. The van der Waals surface area contributed by atoms with Crippen molar-refractivity contribution in [3.8, 4) is 0 Å². The first-order valence-electron chi connectivity index (χ1n) is 3.77. The number of hydrogen-bond donors (Lipinski definition) is 0. The van der Waals surface area contributed by atoms with E-state index in [0.29, 0.717) is 17.5 Å². The van der Waals surface area contributed by atoms with E-state index in [0.717, 1.165) is 12.8 Å². The Hall–Kier alpha value is 0.0200. The van der Waals surface area contributed by atoms with Gasteiger partial charge in [-0.2, -0.15) is 11.8 Å². The lowest BCUT2D eigenvalue weighted by atomic mass is 10.00. The maximum Gasteiger partial charge on any atom is 0.145 e. The van der Waals surface area contributed by atoms with Crippen molar-refractivity contribution in [1.82, 2.24) is 0 Å². The van der Waals surface area contributed by atoms with Crippen molar-refractivity contribution in [2.45, 2.75) is 26.7 Å². The smallest absolute Gasteiger partial charge is 0.145 e. The number of carbonyl (C=O) groups excluding carboxylic acids is 1. The third-order valence-corrected chi connectivity index (χ3v) is 2.30. The van der Waals surface area contributed by atoms with Gasteiger partial charge in [-0.1, -0.05) is 13.8 Å². The van der Waals surface area contributed by atoms with E-state index in [-0.39, 0.29) is 0 Å². The Kier molecular flexibility index (Phi) is 5.79. The van der Waals surface area contributed by atoms with Gasteiger partial charge >= 0.3 is 0 Å². The molecule has 0 aromatic carbocycles. The summed E-state index contributed by atoms with van der Waals surface area (Å²) in [6, 6.07) is 0. The number of ketones is 1. The molecular formula is C8H16OS. The number of hydrogen-bond acceptors (Lipinski definition) is 2. The van der Waals surface area contributed by atoms with Gasteiger partial charge in [-0.3, -0.25) is 4.79 Å². The predicted octanol–water partition coefficient (Wildman–Crippen LogP) is 2.35. The molecule has 0 bridgehead atoms. The van der Waals surface area contributed by atoms with E-state index >= 15 is 0 Å². The summed E-state index contributed by atoms with van der Waals surface area (Å²) in [7, 11) is 0. The first-order valence-corrected chi connectivity index (χ1v) is 5.17. The highest BCUT2D eigenvalue weighted by atomic mass is 32.2. The van der Waals surface area contributed by atoms with Crippen LogP contribution in [0.5, 0.6) is 0 Å². The van der Waals surface area contributed by atoms with Crippen molar-refractivity contribution >= 4 is 17.5 Å². The zero-order chi connectivity index (χ0) is 7.98. The van der Waals surface area contributed by atoms with Crippen molar-refractivity contribution in [2.75, 3.05) is 12.0 Å². The summed E-state index contributed by atoms with van der Waals surface area (Å²) < 4.78 is 0. The number of Topliss-reactive ketones (excluding diaryl/α,β-unsaturated/α-hetero) is 1.